The van der Waals surface area contributed by atoms with Crippen LogP contribution in [0.25, 0.3) is 11.1 Å². The maximum atomic E-state index is 10.9. The fraction of sp³-hybridized carbons (Fsp3) is 0. The normalized spacial score (nSPS) is 10.3. The molecule has 0 amide bonds. The first-order valence-corrected chi connectivity index (χ1v) is 6.13. The molecule has 0 atom stereocenters. The van der Waals surface area contributed by atoms with Crippen molar-refractivity contribution in [1.82, 2.24) is 0 Å². The second-order valence-electron chi connectivity index (χ2n) is 3.92. The highest BCUT2D eigenvalue weighted by Gasteiger charge is 2.20. The molecule has 0 aliphatic rings. The van der Waals surface area contributed by atoms with Crippen molar-refractivity contribution in [1.29, 1.82) is 0 Å². The smallest absolute Gasteiger partial charge is 0.342 e. The van der Waals surface area contributed by atoms with E-state index >= 15 is 0 Å². The predicted molar refractivity (Wildman–Crippen MR) is 75.5 cm³/mol. The molecule has 0 bridgehead atoms. The summed E-state index contributed by atoms with van der Waals surface area (Å²) in [5.41, 5.74) is 0.264. The van der Waals surface area contributed by atoms with Crippen LogP contribution in [-0.4, -0.2) is 16.0 Å². The number of aromatic carboxylic acids is 1. The van der Waals surface area contributed by atoms with Gasteiger partial charge in [0.2, 0.25) is 0 Å². The lowest BCUT2D eigenvalue weighted by Gasteiger charge is -2.05. The van der Waals surface area contributed by atoms with E-state index in [9.17, 15) is 14.9 Å². The zero-order valence-electron chi connectivity index (χ0n) is 9.84. The SMILES string of the molecule is O=C(O)c1ccc(-c2ccc(Cl)c(Cl)c2)cc1[N+](=O)[O-]. The molecule has 0 saturated heterocycles. The zero-order valence-corrected chi connectivity index (χ0v) is 11.4. The Labute approximate surface area is 123 Å². The second kappa shape index (κ2) is 5.48. The van der Waals surface area contributed by atoms with Crippen molar-refractivity contribution < 1.29 is 14.8 Å². The Morgan fingerprint density at radius 2 is 1.65 bits per heavy atom. The van der Waals surface area contributed by atoms with Gasteiger partial charge in [0, 0.05) is 6.07 Å². The van der Waals surface area contributed by atoms with Crippen LogP contribution in [0.1, 0.15) is 10.4 Å². The minimum absolute atomic E-state index is 0.314. The van der Waals surface area contributed by atoms with Gasteiger partial charge in [0.15, 0.2) is 0 Å². The number of benzene rings is 2. The summed E-state index contributed by atoms with van der Waals surface area (Å²) >= 11 is 11.7. The maximum Gasteiger partial charge on any atom is 0.342 e. The van der Waals surface area contributed by atoms with Gasteiger partial charge in [-0.1, -0.05) is 35.3 Å². The Kier molecular flexibility index (Phi) is 3.92. The van der Waals surface area contributed by atoms with E-state index in [0.717, 1.165) is 0 Å². The summed E-state index contributed by atoms with van der Waals surface area (Å²) in [6, 6.07) is 8.64. The molecule has 2 rings (SSSR count). The third kappa shape index (κ3) is 2.74. The largest absolute Gasteiger partial charge is 0.477 e. The molecule has 0 saturated carbocycles. The second-order valence-corrected chi connectivity index (χ2v) is 4.74. The van der Waals surface area contributed by atoms with Crippen molar-refractivity contribution in [3.63, 3.8) is 0 Å². The van der Waals surface area contributed by atoms with E-state index in [2.05, 4.69) is 0 Å². The van der Waals surface area contributed by atoms with Crippen molar-refractivity contribution >= 4 is 34.9 Å². The third-order valence-electron chi connectivity index (χ3n) is 2.68. The van der Waals surface area contributed by atoms with E-state index in [4.69, 9.17) is 28.3 Å². The number of nitro groups is 1. The van der Waals surface area contributed by atoms with Crippen LogP contribution in [0.4, 0.5) is 5.69 Å². The van der Waals surface area contributed by atoms with Crippen molar-refractivity contribution in [3.05, 3.63) is 62.1 Å². The Balaban J connectivity index is 2.58. The Morgan fingerprint density at radius 1 is 1.05 bits per heavy atom. The number of rotatable bonds is 3. The monoisotopic (exact) mass is 311 g/mol. The molecule has 0 aliphatic heterocycles. The number of halogens is 2. The number of nitrogens with zero attached hydrogens (tertiary/aromatic N) is 1. The number of carboxylic acids is 1. The number of hydrogen-bond acceptors (Lipinski definition) is 3. The van der Waals surface area contributed by atoms with Gasteiger partial charge in [-0.05, 0) is 29.3 Å². The van der Waals surface area contributed by atoms with E-state index in [0.29, 0.717) is 21.2 Å². The van der Waals surface area contributed by atoms with Crippen molar-refractivity contribution in [2.24, 2.45) is 0 Å². The highest BCUT2D eigenvalue weighted by Crippen LogP contribution is 2.31. The maximum absolute atomic E-state index is 10.9. The molecule has 0 aromatic heterocycles. The summed E-state index contributed by atoms with van der Waals surface area (Å²) in [5.74, 6) is -1.35. The molecule has 1 N–H and O–H groups in total. The Hall–Kier alpha value is -2.11. The lowest BCUT2D eigenvalue weighted by molar-refractivity contribution is -0.385. The lowest BCUT2D eigenvalue weighted by Crippen LogP contribution is -2.02. The third-order valence-corrected chi connectivity index (χ3v) is 3.42. The molecule has 0 fully saturated rings. The molecule has 0 aliphatic carbocycles. The summed E-state index contributed by atoms with van der Waals surface area (Å²) in [7, 11) is 0. The number of carbonyl (C=O) groups is 1. The molecule has 20 heavy (non-hydrogen) atoms. The highest BCUT2D eigenvalue weighted by atomic mass is 35.5. The van der Waals surface area contributed by atoms with Crippen LogP contribution in [-0.2, 0) is 0 Å². The fourth-order valence-electron chi connectivity index (χ4n) is 1.72. The highest BCUT2D eigenvalue weighted by molar-refractivity contribution is 6.42. The minimum Gasteiger partial charge on any atom is -0.477 e. The fourth-order valence-corrected chi connectivity index (χ4v) is 2.02. The standard InChI is InChI=1S/C13H7Cl2NO4/c14-10-4-2-7(5-11(10)15)8-1-3-9(13(17)18)12(6-8)16(19)20/h1-6H,(H,17,18). The number of carboxylic acid groups (broad SMARTS) is 1. The van der Waals surface area contributed by atoms with E-state index in [1.807, 2.05) is 0 Å². The summed E-state index contributed by atoms with van der Waals surface area (Å²) in [6.45, 7) is 0. The Morgan fingerprint density at radius 3 is 2.20 bits per heavy atom. The zero-order chi connectivity index (χ0) is 14.9. The van der Waals surface area contributed by atoms with Gasteiger partial charge in [0.25, 0.3) is 5.69 Å². The van der Waals surface area contributed by atoms with Crippen LogP contribution in [0.3, 0.4) is 0 Å². The van der Waals surface area contributed by atoms with E-state index < -0.39 is 16.6 Å². The first kappa shape index (κ1) is 14.3. The molecule has 7 heteroatoms. The summed E-state index contributed by atoms with van der Waals surface area (Å²) in [6.07, 6.45) is 0. The molecule has 0 unspecified atom stereocenters. The van der Waals surface area contributed by atoms with Gasteiger partial charge in [0.05, 0.1) is 15.0 Å². The quantitative estimate of drug-likeness (QED) is 0.678. The molecule has 102 valence electrons. The van der Waals surface area contributed by atoms with Crippen molar-refractivity contribution in [2.45, 2.75) is 0 Å². The first-order valence-electron chi connectivity index (χ1n) is 5.37. The molecular formula is C13H7Cl2NO4. The molecule has 0 spiro atoms. The molecule has 0 heterocycles. The van der Waals surface area contributed by atoms with E-state index in [-0.39, 0.29) is 5.56 Å². The summed E-state index contributed by atoms with van der Waals surface area (Å²) in [5, 5.41) is 20.5. The number of nitro benzene ring substituents is 1. The molecule has 0 radical (unpaired) electrons. The van der Waals surface area contributed by atoms with E-state index in [1.165, 1.54) is 18.2 Å². The molecule has 5 nitrogen and oxygen atoms in total. The van der Waals surface area contributed by atoms with Crippen LogP contribution in [0.15, 0.2) is 36.4 Å². The van der Waals surface area contributed by atoms with Crippen LogP contribution in [0.5, 0.6) is 0 Å². The van der Waals surface area contributed by atoms with Crippen molar-refractivity contribution in [2.75, 3.05) is 0 Å². The van der Waals surface area contributed by atoms with Crippen LogP contribution >= 0.6 is 23.2 Å². The molecule has 2 aromatic rings. The minimum atomic E-state index is -1.35. The van der Waals surface area contributed by atoms with Gasteiger partial charge in [-0.15, -0.1) is 0 Å². The van der Waals surface area contributed by atoms with Gasteiger partial charge in [-0.2, -0.15) is 0 Å². The van der Waals surface area contributed by atoms with Crippen LogP contribution in [0.2, 0.25) is 10.0 Å². The van der Waals surface area contributed by atoms with Gasteiger partial charge in [-0.3, -0.25) is 10.1 Å². The van der Waals surface area contributed by atoms with Gasteiger partial charge in [0.1, 0.15) is 5.56 Å². The van der Waals surface area contributed by atoms with Crippen LogP contribution in [0, 0.1) is 10.1 Å². The lowest BCUT2D eigenvalue weighted by atomic mass is 10.0. The van der Waals surface area contributed by atoms with Gasteiger partial charge >= 0.3 is 5.97 Å². The molecular weight excluding hydrogens is 305 g/mol. The van der Waals surface area contributed by atoms with Crippen molar-refractivity contribution in [3.8, 4) is 11.1 Å². The summed E-state index contributed by atoms with van der Waals surface area (Å²) in [4.78, 5) is 21.1. The topological polar surface area (TPSA) is 80.4 Å². The van der Waals surface area contributed by atoms with Gasteiger partial charge in [-0.25, -0.2) is 4.79 Å². The van der Waals surface area contributed by atoms with E-state index in [1.54, 1.807) is 18.2 Å². The molecule has 2 aromatic carbocycles. The predicted octanol–water partition coefficient (Wildman–Crippen LogP) is 4.27. The van der Waals surface area contributed by atoms with Crippen LogP contribution < -0.4 is 0 Å². The summed E-state index contributed by atoms with van der Waals surface area (Å²) < 4.78 is 0. The van der Waals surface area contributed by atoms with Gasteiger partial charge < -0.3 is 5.11 Å². The average molecular weight is 312 g/mol. The average Bonchev–Trinajstić information content (AvgIpc) is 2.41. The Bertz CT molecular complexity index is 716. The number of hydrogen-bond donors (Lipinski definition) is 1. The first-order chi connectivity index (χ1) is 9.40.